The summed E-state index contributed by atoms with van der Waals surface area (Å²) < 4.78 is 1.47. The van der Waals surface area contributed by atoms with Gasteiger partial charge >= 0.3 is 0 Å². The minimum Gasteiger partial charge on any atom is -0.338 e. The highest BCUT2D eigenvalue weighted by Gasteiger charge is 2.02. The molecule has 4 heteroatoms. The predicted molar refractivity (Wildman–Crippen MR) is 39.8 cm³/mol. The molecule has 0 aliphatic rings. The number of nitrogens with zero attached hydrogens (tertiary/aromatic N) is 2. The van der Waals surface area contributed by atoms with Crippen molar-refractivity contribution in [3.05, 3.63) is 18.2 Å². The van der Waals surface area contributed by atoms with Crippen LogP contribution in [0.2, 0.25) is 0 Å². The summed E-state index contributed by atoms with van der Waals surface area (Å²) in [5.41, 5.74) is 0.929. The SMILES string of the molecule is CC(S)c1cncn1N. The number of aromatic nitrogens is 2. The minimum absolute atomic E-state index is 0.150. The molecule has 9 heavy (non-hydrogen) atoms. The van der Waals surface area contributed by atoms with Crippen LogP contribution < -0.4 is 5.84 Å². The van der Waals surface area contributed by atoms with Crippen molar-refractivity contribution < 1.29 is 0 Å². The molecule has 0 fully saturated rings. The molecule has 0 saturated carbocycles. The fourth-order valence-corrected chi connectivity index (χ4v) is 0.838. The zero-order valence-corrected chi connectivity index (χ0v) is 6.05. The van der Waals surface area contributed by atoms with Crippen molar-refractivity contribution in [2.24, 2.45) is 0 Å². The summed E-state index contributed by atoms with van der Waals surface area (Å²) in [5, 5.41) is 0.150. The lowest BCUT2D eigenvalue weighted by Gasteiger charge is -2.02. The number of thiol groups is 1. The van der Waals surface area contributed by atoms with E-state index in [9.17, 15) is 0 Å². The Hall–Kier alpha value is -0.640. The van der Waals surface area contributed by atoms with E-state index >= 15 is 0 Å². The number of hydrogen-bond acceptors (Lipinski definition) is 3. The monoisotopic (exact) mass is 143 g/mol. The Bertz CT molecular complexity index is 194. The van der Waals surface area contributed by atoms with Gasteiger partial charge in [0.05, 0.1) is 11.9 Å². The van der Waals surface area contributed by atoms with Crippen LogP contribution in [-0.4, -0.2) is 9.66 Å². The molecule has 1 heterocycles. The molecule has 50 valence electrons. The Kier molecular flexibility index (Phi) is 1.66. The summed E-state index contributed by atoms with van der Waals surface area (Å²) in [6.07, 6.45) is 3.26. The molecule has 0 aliphatic heterocycles. The van der Waals surface area contributed by atoms with Crippen molar-refractivity contribution in [2.45, 2.75) is 12.2 Å². The second-order valence-corrected chi connectivity index (χ2v) is 2.68. The fraction of sp³-hybridized carbons (Fsp3) is 0.400. The fourth-order valence-electron chi connectivity index (χ4n) is 0.638. The molecule has 3 nitrogen and oxygen atoms in total. The summed E-state index contributed by atoms with van der Waals surface area (Å²) in [7, 11) is 0. The van der Waals surface area contributed by atoms with Crippen LogP contribution in [0.4, 0.5) is 0 Å². The topological polar surface area (TPSA) is 43.8 Å². The number of rotatable bonds is 1. The van der Waals surface area contributed by atoms with Gasteiger partial charge in [0.1, 0.15) is 6.33 Å². The first kappa shape index (κ1) is 6.48. The average molecular weight is 143 g/mol. The Morgan fingerprint density at radius 1 is 1.89 bits per heavy atom. The van der Waals surface area contributed by atoms with Gasteiger partial charge in [-0.1, -0.05) is 0 Å². The molecule has 1 aromatic heterocycles. The first-order valence-corrected chi connectivity index (χ1v) is 3.19. The average Bonchev–Trinajstić information content (AvgIpc) is 2.13. The van der Waals surface area contributed by atoms with E-state index in [1.807, 2.05) is 6.92 Å². The lowest BCUT2D eigenvalue weighted by atomic mass is 10.4. The van der Waals surface area contributed by atoms with Gasteiger partial charge in [0, 0.05) is 5.25 Å². The molecular weight excluding hydrogens is 134 g/mol. The van der Waals surface area contributed by atoms with Crippen molar-refractivity contribution in [1.29, 1.82) is 0 Å². The van der Waals surface area contributed by atoms with E-state index in [2.05, 4.69) is 17.6 Å². The second kappa shape index (κ2) is 2.31. The third-order valence-corrected chi connectivity index (χ3v) is 1.39. The third kappa shape index (κ3) is 1.18. The minimum atomic E-state index is 0.150. The van der Waals surface area contributed by atoms with Crippen molar-refractivity contribution in [3.8, 4) is 0 Å². The zero-order chi connectivity index (χ0) is 6.85. The third-order valence-electron chi connectivity index (χ3n) is 1.12. The molecule has 0 saturated heterocycles. The first-order valence-electron chi connectivity index (χ1n) is 2.67. The van der Waals surface area contributed by atoms with Crippen LogP contribution in [0.3, 0.4) is 0 Å². The normalized spacial score (nSPS) is 13.6. The summed E-state index contributed by atoms with van der Waals surface area (Å²) in [6, 6.07) is 0. The van der Waals surface area contributed by atoms with Crippen LogP contribution in [-0.2, 0) is 0 Å². The summed E-state index contributed by atoms with van der Waals surface area (Å²) in [5.74, 6) is 5.45. The summed E-state index contributed by atoms with van der Waals surface area (Å²) >= 11 is 4.18. The van der Waals surface area contributed by atoms with E-state index in [-0.39, 0.29) is 5.25 Å². The quantitative estimate of drug-likeness (QED) is 0.446. The lowest BCUT2D eigenvalue weighted by Crippen LogP contribution is -2.10. The number of nitrogens with two attached hydrogens (primary N) is 1. The highest BCUT2D eigenvalue weighted by Crippen LogP contribution is 2.15. The van der Waals surface area contributed by atoms with Crippen LogP contribution in [0.15, 0.2) is 12.5 Å². The Morgan fingerprint density at radius 2 is 2.56 bits per heavy atom. The van der Waals surface area contributed by atoms with E-state index in [1.54, 1.807) is 12.5 Å². The van der Waals surface area contributed by atoms with Gasteiger partial charge in [-0.05, 0) is 6.92 Å². The van der Waals surface area contributed by atoms with E-state index in [4.69, 9.17) is 5.84 Å². The number of nitrogen functional groups attached to an aromatic ring is 1. The number of hydrogen-bond donors (Lipinski definition) is 2. The molecular formula is C5H9N3S. The Balaban J connectivity index is 2.94. The van der Waals surface area contributed by atoms with Crippen LogP contribution in [0, 0.1) is 0 Å². The van der Waals surface area contributed by atoms with Gasteiger partial charge in [-0.3, -0.25) is 4.68 Å². The van der Waals surface area contributed by atoms with Crippen LogP contribution in [0.5, 0.6) is 0 Å². The zero-order valence-electron chi connectivity index (χ0n) is 5.15. The van der Waals surface area contributed by atoms with Gasteiger partial charge in [0.15, 0.2) is 0 Å². The molecule has 1 aromatic rings. The maximum Gasteiger partial charge on any atom is 0.114 e. The standard InChI is InChI=1S/C5H9N3S/c1-4(9)5-2-7-3-8(5)6/h2-4,9H,6H2,1H3. The van der Waals surface area contributed by atoms with Gasteiger partial charge in [0.2, 0.25) is 0 Å². The second-order valence-electron chi connectivity index (χ2n) is 1.90. The molecule has 0 amide bonds. The smallest absolute Gasteiger partial charge is 0.114 e. The van der Waals surface area contributed by atoms with Crippen LogP contribution in [0.25, 0.3) is 0 Å². The molecule has 0 bridgehead atoms. The molecule has 0 spiro atoms. The molecule has 0 radical (unpaired) electrons. The van der Waals surface area contributed by atoms with Crippen molar-refractivity contribution in [2.75, 3.05) is 5.84 Å². The van der Waals surface area contributed by atoms with Crippen LogP contribution >= 0.6 is 12.6 Å². The molecule has 2 N–H and O–H groups in total. The highest BCUT2D eigenvalue weighted by molar-refractivity contribution is 7.80. The van der Waals surface area contributed by atoms with E-state index in [0.717, 1.165) is 5.69 Å². The van der Waals surface area contributed by atoms with Crippen molar-refractivity contribution in [3.63, 3.8) is 0 Å². The van der Waals surface area contributed by atoms with Gasteiger partial charge < -0.3 is 5.84 Å². The largest absolute Gasteiger partial charge is 0.338 e. The molecule has 1 rings (SSSR count). The molecule has 0 aromatic carbocycles. The molecule has 0 aliphatic carbocycles. The first-order chi connectivity index (χ1) is 4.22. The van der Waals surface area contributed by atoms with Gasteiger partial charge in [-0.25, -0.2) is 4.98 Å². The van der Waals surface area contributed by atoms with Gasteiger partial charge in [-0.2, -0.15) is 12.6 Å². The van der Waals surface area contributed by atoms with Crippen LogP contribution in [0.1, 0.15) is 17.9 Å². The van der Waals surface area contributed by atoms with Gasteiger partial charge in [-0.15, -0.1) is 0 Å². The van der Waals surface area contributed by atoms with E-state index < -0.39 is 0 Å². The maximum absolute atomic E-state index is 5.45. The van der Waals surface area contributed by atoms with E-state index in [0.29, 0.717) is 0 Å². The van der Waals surface area contributed by atoms with Crippen molar-refractivity contribution in [1.82, 2.24) is 9.66 Å². The molecule has 1 atom stereocenters. The molecule has 1 unspecified atom stereocenters. The maximum atomic E-state index is 5.45. The number of imidazole rings is 1. The highest BCUT2D eigenvalue weighted by atomic mass is 32.1. The van der Waals surface area contributed by atoms with Crippen molar-refractivity contribution >= 4 is 12.6 Å². The van der Waals surface area contributed by atoms with Gasteiger partial charge in [0.25, 0.3) is 0 Å². The lowest BCUT2D eigenvalue weighted by molar-refractivity contribution is 0.885. The summed E-state index contributed by atoms with van der Waals surface area (Å²) in [4.78, 5) is 3.83. The Labute approximate surface area is 59.3 Å². The Morgan fingerprint density at radius 3 is 2.78 bits per heavy atom. The predicted octanol–water partition coefficient (Wildman–Crippen LogP) is 0.588. The summed E-state index contributed by atoms with van der Waals surface area (Å²) in [6.45, 7) is 1.95. The van der Waals surface area contributed by atoms with E-state index in [1.165, 1.54) is 4.68 Å².